The molecule has 0 saturated heterocycles. The van der Waals surface area contributed by atoms with Gasteiger partial charge in [0.1, 0.15) is 5.52 Å². The average molecular weight is 299 g/mol. The van der Waals surface area contributed by atoms with Crippen LogP contribution in [0.25, 0.3) is 11.1 Å². The summed E-state index contributed by atoms with van der Waals surface area (Å²) in [7, 11) is 0. The summed E-state index contributed by atoms with van der Waals surface area (Å²) in [5.74, 6) is -1.07. The highest BCUT2D eigenvalue weighted by Crippen LogP contribution is 2.21. The number of benzene rings is 2. The van der Waals surface area contributed by atoms with Crippen LogP contribution < -0.4 is 11.1 Å². The molecule has 0 aliphatic rings. The first kappa shape index (κ1) is 13.6. The molecule has 1 amide bonds. The van der Waals surface area contributed by atoms with Crippen molar-refractivity contribution in [3.05, 3.63) is 68.7 Å². The van der Waals surface area contributed by atoms with Gasteiger partial charge in [-0.05, 0) is 24.3 Å². The number of anilines is 1. The number of nitrogens with one attached hydrogen (secondary N) is 2. The summed E-state index contributed by atoms with van der Waals surface area (Å²) in [6.07, 6.45) is 0. The second kappa shape index (κ2) is 5.17. The molecule has 0 unspecified atom stereocenters. The molecule has 8 nitrogen and oxygen atoms in total. The topological polar surface area (TPSA) is 118 Å². The largest absolute Gasteiger partial charge is 0.417 e. The van der Waals surface area contributed by atoms with Crippen molar-refractivity contribution in [2.75, 3.05) is 5.32 Å². The molecule has 0 spiro atoms. The number of rotatable bonds is 3. The zero-order valence-electron chi connectivity index (χ0n) is 11.0. The Labute approximate surface area is 122 Å². The lowest BCUT2D eigenvalue weighted by atomic mass is 10.2. The first-order chi connectivity index (χ1) is 10.5. The highest BCUT2D eigenvalue weighted by atomic mass is 16.6. The summed E-state index contributed by atoms with van der Waals surface area (Å²) < 4.78 is 4.90. The standard InChI is InChI=1S/C14H9N3O5/c18-13(8-4-6-9(7-5-8)17(20)21)15-10-2-1-3-11-12(10)16-14(19)22-11/h1-7H,(H,15,18)(H,16,19). The van der Waals surface area contributed by atoms with E-state index < -0.39 is 16.6 Å². The SMILES string of the molecule is O=C(Nc1cccc2oc(=O)[nH]c12)c1ccc([N+](=O)[O-])cc1. The number of non-ortho nitro benzene ring substituents is 1. The van der Waals surface area contributed by atoms with E-state index in [0.717, 1.165) is 0 Å². The van der Waals surface area contributed by atoms with Crippen molar-refractivity contribution in [1.82, 2.24) is 4.98 Å². The summed E-state index contributed by atoms with van der Waals surface area (Å²) >= 11 is 0. The van der Waals surface area contributed by atoms with Gasteiger partial charge in [0.15, 0.2) is 5.58 Å². The number of fused-ring (bicyclic) bond motifs is 1. The van der Waals surface area contributed by atoms with Crippen LogP contribution in [-0.4, -0.2) is 15.8 Å². The Morgan fingerprint density at radius 3 is 2.59 bits per heavy atom. The van der Waals surface area contributed by atoms with E-state index in [1.165, 1.54) is 24.3 Å². The summed E-state index contributed by atoms with van der Waals surface area (Å²) in [6, 6.07) is 10.0. The summed E-state index contributed by atoms with van der Waals surface area (Å²) in [5, 5.41) is 13.2. The van der Waals surface area contributed by atoms with Crippen molar-refractivity contribution in [3.63, 3.8) is 0 Å². The fourth-order valence-electron chi connectivity index (χ4n) is 2.01. The first-order valence-corrected chi connectivity index (χ1v) is 6.22. The molecule has 0 radical (unpaired) electrons. The first-order valence-electron chi connectivity index (χ1n) is 6.22. The number of oxazole rings is 1. The van der Waals surface area contributed by atoms with E-state index in [1.54, 1.807) is 18.2 Å². The summed E-state index contributed by atoms with van der Waals surface area (Å²) in [6.45, 7) is 0. The average Bonchev–Trinajstić information content (AvgIpc) is 2.88. The lowest BCUT2D eigenvalue weighted by Crippen LogP contribution is -2.12. The predicted molar refractivity (Wildman–Crippen MR) is 77.9 cm³/mol. The highest BCUT2D eigenvalue weighted by molar-refractivity contribution is 6.07. The van der Waals surface area contributed by atoms with Crippen molar-refractivity contribution < 1.29 is 14.1 Å². The minimum atomic E-state index is -0.618. The molecular formula is C14H9N3O5. The van der Waals surface area contributed by atoms with Crippen LogP contribution in [0.4, 0.5) is 11.4 Å². The number of hydrogen-bond acceptors (Lipinski definition) is 5. The van der Waals surface area contributed by atoms with Crippen LogP contribution in [0.1, 0.15) is 10.4 Å². The number of amides is 1. The van der Waals surface area contributed by atoms with E-state index in [1.807, 2.05) is 0 Å². The van der Waals surface area contributed by atoms with Crippen LogP contribution >= 0.6 is 0 Å². The Morgan fingerprint density at radius 2 is 1.91 bits per heavy atom. The number of nitro groups is 1. The zero-order valence-corrected chi connectivity index (χ0v) is 11.0. The molecular weight excluding hydrogens is 290 g/mol. The molecule has 1 aromatic heterocycles. The molecule has 2 N–H and O–H groups in total. The number of carbonyl (C=O) groups is 1. The Kier molecular flexibility index (Phi) is 3.18. The van der Waals surface area contributed by atoms with E-state index >= 15 is 0 Å². The van der Waals surface area contributed by atoms with Crippen molar-refractivity contribution in [2.45, 2.75) is 0 Å². The molecule has 8 heteroatoms. The van der Waals surface area contributed by atoms with E-state index in [2.05, 4.69) is 10.3 Å². The number of aromatic amines is 1. The zero-order chi connectivity index (χ0) is 15.7. The van der Waals surface area contributed by atoms with Gasteiger partial charge in [-0.25, -0.2) is 4.79 Å². The van der Waals surface area contributed by atoms with Crippen LogP contribution in [0.2, 0.25) is 0 Å². The molecule has 0 fully saturated rings. The van der Waals surface area contributed by atoms with Crippen LogP contribution in [0.3, 0.4) is 0 Å². The lowest BCUT2D eigenvalue weighted by molar-refractivity contribution is -0.384. The number of para-hydroxylation sites is 1. The molecule has 0 atom stereocenters. The highest BCUT2D eigenvalue weighted by Gasteiger charge is 2.12. The maximum absolute atomic E-state index is 12.1. The third-order valence-electron chi connectivity index (χ3n) is 3.04. The molecule has 0 bridgehead atoms. The van der Waals surface area contributed by atoms with Gasteiger partial charge >= 0.3 is 5.76 Å². The minimum absolute atomic E-state index is 0.0992. The van der Waals surface area contributed by atoms with Crippen LogP contribution in [0, 0.1) is 10.1 Å². The van der Waals surface area contributed by atoms with Crippen molar-refractivity contribution in [1.29, 1.82) is 0 Å². The number of nitrogens with zero attached hydrogens (tertiary/aromatic N) is 1. The van der Waals surface area contributed by atoms with Gasteiger partial charge in [-0.1, -0.05) is 6.07 Å². The van der Waals surface area contributed by atoms with Gasteiger partial charge in [-0.3, -0.25) is 19.9 Å². The smallest absolute Gasteiger partial charge is 0.408 e. The van der Waals surface area contributed by atoms with E-state index in [9.17, 15) is 19.7 Å². The van der Waals surface area contributed by atoms with Crippen molar-refractivity contribution in [2.24, 2.45) is 0 Å². The number of nitro benzene ring substituents is 1. The Bertz CT molecular complexity index is 924. The molecule has 110 valence electrons. The van der Waals surface area contributed by atoms with E-state index in [-0.39, 0.29) is 11.3 Å². The molecule has 0 aliphatic heterocycles. The fraction of sp³-hybridized carbons (Fsp3) is 0. The fourth-order valence-corrected chi connectivity index (χ4v) is 2.01. The molecule has 2 aromatic carbocycles. The maximum Gasteiger partial charge on any atom is 0.417 e. The second-order valence-corrected chi connectivity index (χ2v) is 4.45. The predicted octanol–water partition coefficient (Wildman–Crippen LogP) is 2.28. The maximum atomic E-state index is 12.1. The quantitative estimate of drug-likeness (QED) is 0.568. The Morgan fingerprint density at radius 1 is 1.18 bits per heavy atom. The Hall–Kier alpha value is -3.42. The number of aromatic nitrogens is 1. The second-order valence-electron chi connectivity index (χ2n) is 4.45. The third kappa shape index (κ3) is 2.44. The molecule has 0 aliphatic carbocycles. The number of H-pyrrole nitrogens is 1. The number of hydrogen-bond donors (Lipinski definition) is 2. The van der Waals surface area contributed by atoms with Gasteiger partial charge in [0.05, 0.1) is 10.6 Å². The van der Waals surface area contributed by atoms with E-state index in [0.29, 0.717) is 16.8 Å². The third-order valence-corrected chi connectivity index (χ3v) is 3.04. The van der Waals surface area contributed by atoms with Gasteiger partial charge in [-0.2, -0.15) is 0 Å². The Balaban J connectivity index is 1.89. The van der Waals surface area contributed by atoms with Crippen LogP contribution in [0.5, 0.6) is 0 Å². The summed E-state index contributed by atoms with van der Waals surface area (Å²) in [4.78, 5) is 35.9. The lowest BCUT2D eigenvalue weighted by Gasteiger charge is -2.05. The van der Waals surface area contributed by atoms with Crippen molar-refractivity contribution >= 4 is 28.4 Å². The monoisotopic (exact) mass is 299 g/mol. The van der Waals surface area contributed by atoms with Gasteiger partial charge in [0.25, 0.3) is 11.6 Å². The number of carbonyl (C=O) groups excluding carboxylic acids is 1. The van der Waals surface area contributed by atoms with Gasteiger partial charge < -0.3 is 9.73 Å². The van der Waals surface area contributed by atoms with Gasteiger partial charge in [0, 0.05) is 17.7 Å². The van der Waals surface area contributed by atoms with Crippen LogP contribution in [0.15, 0.2) is 51.7 Å². The van der Waals surface area contributed by atoms with Gasteiger partial charge in [0.2, 0.25) is 0 Å². The molecule has 3 aromatic rings. The normalized spacial score (nSPS) is 10.5. The van der Waals surface area contributed by atoms with Gasteiger partial charge in [-0.15, -0.1) is 0 Å². The molecule has 1 heterocycles. The molecule has 3 rings (SSSR count). The van der Waals surface area contributed by atoms with Crippen molar-refractivity contribution in [3.8, 4) is 0 Å². The molecule has 0 saturated carbocycles. The van der Waals surface area contributed by atoms with Crippen LogP contribution in [-0.2, 0) is 0 Å². The molecule has 22 heavy (non-hydrogen) atoms. The minimum Gasteiger partial charge on any atom is -0.408 e. The summed E-state index contributed by atoms with van der Waals surface area (Å²) in [5.41, 5.74) is 1.24. The van der Waals surface area contributed by atoms with E-state index in [4.69, 9.17) is 4.42 Å².